The van der Waals surface area contributed by atoms with Crippen LogP contribution in [0.5, 0.6) is 0 Å². The van der Waals surface area contributed by atoms with Gasteiger partial charge in [0.05, 0.1) is 11.6 Å². The molecule has 0 aliphatic rings. The number of rotatable bonds is 2. The first-order chi connectivity index (χ1) is 8.68. The number of terminal acetylenes is 1. The fourth-order valence-electron chi connectivity index (χ4n) is 1.41. The van der Waals surface area contributed by atoms with Crippen LogP contribution >= 0.6 is 15.9 Å². The van der Waals surface area contributed by atoms with Crippen molar-refractivity contribution in [1.29, 1.82) is 0 Å². The molecule has 0 aliphatic heterocycles. The average Bonchev–Trinajstić information content (AvgIpc) is 2.30. The third-order valence-corrected chi connectivity index (χ3v) is 3.17. The number of carbonyl (C=O) groups is 1. The molecule has 1 aromatic rings. The minimum absolute atomic E-state index is 0.0963. The summed E-state index contributed by atoms with van der Waals surface area (Å²) in [7, 11) is 0. The van der Waals surface area contributed by atoms with Crippen LogP contribution in [0.3, 0.4) is 0 Å². The Morgan fingerprint density at radius 2 is 2.16 bits per heavy atom. The molecular weight excluding hydrogens is 325 g/mol. The topological polar surface area (TPSA) is 42.0 Å². The second-order valence-electron chi connectivity index (χ2n) is 3.81. The highest BCUT2D eigenvalue weighted by atomic mass is 79.9. The van der Waals surface area contributed by atoms with E-state index < -0.39 is 29.4 Å². The van der Waals surface area contributed by atoms with E-state index in [1.54, 1.807) is 0 Å². The lowest BCUT2D eigenvalue weighted by Gasteiger charge is -2.16. The fraction of sp³-hybridized carbons (Fsp3) is 0.333. The normalized spacial score (nSPS) is 12.7. The van der Waals surface area contributed by atoms with Crippen molar-refractivity contribution in [3.05, 3.63) is 27.5 Å². The van der Waals surface area contributed by atoms with Crippen LogP contribution < -0.4 is 5.32 Å². The summed E-state index contributed by atoms with van der Waals surface area (Å²) in [6.07, 6.45) is 1.54. The molecular formula is C12H10BrF3N2O. The van der Waals surface area contributed by atoms with Crippen molar-refractivity contribution >= 4 is 21.8 Å². The molecule has 1 aromatic heterocycles. The zero-order valence-corrected chi connectivity index (χ0v) is 11.7. The van der Waals surface area contributed by atoms with Crippen molar-refractivity contribution in [2.75, 3.05) is 0 Å². The van der Waals surface area contributed by atoms with Crippen LogP contribution in [0.4, 0.5) is 13.2 Å². The van der Waals surface area contributed by atoms with E-state index in [1.807, 2.05) is 0 Å². The third kappa shape index (κ3) is 3.47. The molecule has 7 heteroatoms. The summed E-state index contributed by atoms with van der Waals surface area (Å²) in [4.78, 5) is 15.3. The average molecular weight is 335 g/mol. The molecule has 0 saturated heterocycles. The summed E-state index contributed by atoms with van der Waals surface area (Å²) in [5.74, 6) is 1.25. The first-order valence-electron chi connectivity index (χ1n) is 5.17. The van der Waals surface area contributed by atoms with E-state index in [0.717, 1.165) is 6.20 Å². The van der Waals surface area contributed by atoms with Crippen LogP contribution in [0.1, 0.15) is 28.5 Å². The lowest BCUT2D eigenvalue weighted by atomic mass is 10.1. The summed E-state index contributed by atoms with van der Waals surface area (Å²) in [5.41, 5.74) is -1.85. The Hall–Kier alpha value is -1.55. The number of alkyl halides is 3. The molecule has 0 saturated carbocycles. The Labute approximate surface area is 116 Å². The first-order valence-corrected chi connectivity index (χ1v) is 5.97. The number of amides is 1. The smallest absolute Gasteiger partial charge is 0.337 e. The van der Waals surface area contributed by atoms with E-state index in [1.165, 1.54) is 13.8 Å². The number of nitrogens with zero attached hydrogens (tertiary/aromatic N) is 1. The van der Waals surface area contributed by atoms with E-state index in [4.69, 9.17) is 6.42 Å². The molecule has 0 aromatic carbocycles. The highest BCUT2D eigenvalue weighted by molar-refractivity contribution is 9.10. The highest BCUT2D eigenvalue weighted by Crippen LogP contribution is 2.36. The molecule has 0 fully saturated rings. The van der Waals surface area contributed by atoms with Gasteiger partial charge in [-0.3, -0.25) is 4.79 Å². The number of carbonyl (C=O) groups excluding carboxylic acids is 1. The maximum atomic E-state index is 13.0. The van der Waals surface area contributed by atoms with E-state index in [-0.39, 0.29) is 10.0 Å². The maximum Gasteiger partial charge on any atom is 0.418 e. The standard InChI is InChI=1S/C12H10BrF3N2O/c1-4-6(2)18-11(19)10-9(12(14,15)16)7(3)8(13)5-17-10/h1,5-6H,2-3H3,(H,18,19). The van der Waals surface area contributed by atoms with Gasteiger partial charge in [-0.1, -0.05) is 5.92 Å². The molecule has 1 heterocycles. The summed E-state index contributed by atoms with van der Waals surface area (Å²) in [6, 6.07) is -0.681. The molecule has 0 radical (unpaired) electrons. The van der Waals surface area contributed by atoms with Gasteiger partial charge in [-0.05, 0) is 35.3 Å². The zero-order valence-electron chi connectivity index (χ0n) is 10.1. The Morgan fingerprint density at radius 1 is 1.58 bits per heavy atom. The number of hydrogen-bond donors (Lipinski definition) is 1. The molecule has 1 amide bonds. The Balaban J connectivity index is 3.33. The Morgan fingerprint density at radius 3 is 2.63 bits per heavy atom. The third-order valence-electron chi connectivity index (χ3n) is 2.37. The number of pyridine rings is 1. The first kappa shape index (κ1) is 15.5. The Kier molecular flexibility index (Phi) is 4.58. The van der Waals surface area contributed by atoms with Gasteiger partial charge in [-0.25, -0.2) is 4.98 Å². The van der Waals surface area contributed by atoms with Gasteiger partial charge in [0.15, 0.2) is 0 Å². The van der Waals surface area contributed by atoms with Gasteiger partial charge < -0.3 is 5.32 Å². The molecule has 1 N–H and O–H groups in total. The van der Waals surface area contributed by atoms with Gasteiger partial charge in [-0.2, -0.15) is 13.2 Å². The molecule has 0 bridgehead atoms. The van der Waals surface area contributed by atoms with Gasteiger partial charge in [0.25, 0.3) is 5.91 Å². The van der Waals surface area contributed by atoms with Crippen LogP contribution in [0, 0.1) is 19.3 Å². The van der Waals surface area contributed by atoms with Gasteiger partial charge in [0, 0.05) is 10.7 Å². The maximum absolute atomic E-state index is 13.0. The lowest BCUT2D eigenvalue weighted by Crippen LogP contribution is -2.34. The number of aromatic nitrogens is 1. The predicted molar refractivity (Wildman–Crippen MR) is 67.4 cm³/mol. The van der Waals surface area contributed by atoms with Crippen molar-refractivity contribution in [3.8, 4) is 12.3 Å². The Bertz CT molecular complexity index is 549. The molecule has 1 atom stereocenters. The summed E-state index contributed by atoms with van der Waals surface area (Å²) in [5, 5.41) is 2.25. The number of hydrogen-bond acceptors (Lipinski definition) is 2. The van der Waals surface area contributed by atoms with Crippen LogP contribution in [0.2, 0.25) is 0 Å². The quantitative estimate of drug-likeness (QED) is 0.845. The minimum Gasteiger partial charge on any atom is -0.337 e. The minimum atomic E-state index is -4.67. The monoisotopic (exact) mass is 334 g/mol. The molecule has 1 unspecified atom stereocenters. The molecule has 0 spiro atoms. The van der Waals surface area contributed by atoms with Crippen LogP contribution in [0.15, 0.2) is 10.7 Å². The second-order valence-corrected chi connectivity index (χ2v) is 4.67. The van der Waals surface area contributed by atoms with Gasteiger partial charge in [0.1, 0.15) is 5.69 Å². The van der Waals surface area contributed by atoms with Gasteiger partial charge in [-0.15, -0.1) is 6.42 Å². The molecule has 102 valence electrons. The van der Waals surface area contributed by atoms with E-state index in [2.05, 4.69) is 32.2 Å². The fourth-order valence-corrected chi connectivity index (χ4v) is 1.71. The van der Waals surface area contributed by atoms with Crippen molar-refractivity contribution in [1.82, 2.24) is 10.3 Å². The summed E-state index contributed by atoms with van der Waals surface area (Å²) >= 11 is 2.96. The number of nitrogens with one attached hydrogen (secondary N) is 1. The summed E-state index contributed by atoms with van der Waals surface area (Å²) < 4.78 is 39.1. The zero-order chi connectivity index (χ0) is 14.8. The largest absolute Gasteiger partial charge is 0.418 e. The highest BCUT2D eigenvalue weighted by Gasteiger charge is 2.38. The van der Waals surface area contributed by atoms with Crippen LogP contribution in [0.25, 0.3) is 0 Å². The van der Waals surface area contributed by atoms with Crippen molar-refractivity contribution in [2.24, 2.45) is 0 Å². The SMILES string of the molecule is C#CC(C)NC(=O)c1ncc(Br)c(C)c1C(F)(F)F. The predicted octanol–water partition coefficient (Wildman–Crippen LogP) is 2.92. The van der Waals surface area contributed by atoms with Crippen LogP contribution in [-0.4, -0.2) is 16.9 Å². The molecule has 3 nitrogen and oxygen atoms in total. The van der Waals surface area contributed by atoms with E-state index in [0.29, 0.717) is 0 Å². The van der Waals surface area contributed by atoms with E-state index >= 15 is 0 Å². The van der Waals surface area contributed by atoms with Crippen molar-refractivity contribution < 1.29 is 18.0 Å². The molecule has 0 aliphatic carbocycles. The second kappa shape index (κ2) is 5.61. The lowest BCUT2D eigenvalue weighted by molar-refractivity contribution is -0.138. The van der Waals surface area contributed by atoms with Crippen LogP contribution in [-0.2, 0) is 6.18 Å². The molecule has 1 rings (SSSR count). The van der Waals surface area contributed by atoms with Gasteiger partial charge >= 0.3 is 6.18 Å². The van der Waals surface area contributed by atoms with Crippen molar-refractivity contribution in [2.45, 2.75) is 26.1 Å². The van der Waals surface area contributed by atoms with Gasteiger partial charge in [0.2, 0.25) is 0 Å². The molecule has 19 heavy (non-hydrogen) atoms. The number of halogens is 4. The van der Waals surface area contributed by atoms with E-state index in [9.17, 15) is 18.0 Å². The summed E-state index contributed by atoms with van der Waals surface area (Å²) in [6.45, 7) is 2.74. The van der Waals surface area contributed by atoms with Crippen molar-refractivity contribution in [3.63, 3.8) is 0 Å².